The maximum absolute atomic E-state index is 5.37. The van der Waals surface area contributed by atoms with Crippen molar-refractivity contribution in [3.05, 3.63) is 71.4 Å². The van der Waals surface area contributed by atoms with Crippen LogP contribution in [0.5, 0.6) is 5.75 Å². The molecule has 0 saturated heterocycles. The maximum atomic E-state index is 5.37. The largest absolute Gasteiger partial charge is 0.496 e. The molecule has 5 nitrogen and oxygen atoms in total. The molecule has 1 aromatic heterocycles. The Kier molecular flexibility index (Phi) is 5.14. The summed E-state index contributed by atoms with van der Waals surface area (Å²) >= 11 is 0. The number of rotatable bonds is 6. The first-order valence-electron chi connectivity index (χ1n) is 8.18. The van der Waals surface area contributed by atoms with Crippen LogP contribution in [0.1, 0.15) is 16.7 Å². The predicted molar refractivity (Wildman–Crippen MR) is 102 cm³/mol. The monoisotopic (exact) mass is 334 g/mol. The van der Waals surface area contributed by atoms with E-state index in [9.17, 15) is 0 Å². The van der Waals surface area contributed by atoms with Crippen LogP contribution in [-0.2, 0) is 6.54 Å². The second-order valence-corrected chi connectivity index (χ2v) is 5.93. The van der Waals surface area contributed by atoms with E-state index in [4.69, 9.17) is 4.74 Å². The van der Waals surface area contributed by atoms with E-state index in [1.165, 1.54) is 11.1 Å². The van der Waals surface area contributed by atoms with Gasteiger partial charge >= 0.3 is 0 Å². The number of methoxy groups -OCH3 is 1. The molecule has 0 bridgehead atoms. The lowest BCUT2D eigenvalue weighted by Gasteiger charge is -2.11. The highest BCUT2D eigenvalue weighted by Crippen LogP contribution is 2.20. The summed E-state index contributed by atoms with van der Waals surface area (Å²) in [4.78, 5) is 8.82. The summed E-state index contributed by atoms with van der Waals surface area (Å²) in [5, 5.41) is 6.57. The number of aromatic nitrogens is 2. The van der Waals surface area contributed by atoms with Crippen molar-refractivity contribution in [3.63, 3.8) is 0 Å². The van der Waals surface area contributed by atoms with Crippen LogP contribution < -0.4 is 15.4 Å². The summed E-state index contributed by atoms with van der Waals surface area (Å²) in [5.41, 5.74) is 4.47. The van der Waals surface area contributed by atoms with Crippen molar-refractivity contribution in [2.24, 2.45) is 0 Å². The molecule has 0 amide bonds. The smallest absolute Gasteiger partial charge is 0.229 e. The minimum Gasteiger partial charge on any atom is -0.496 e. The van der Waals surface area contributed by atoms with Gasteiger partial charge in [-0.3, -0.25) is 0 Å². The first kappa shape index (κ1) is 16.8. The van der Waals surface area contributed by atoms with Crippen LogP contribution >= 0.6 is 0 Å². The van der Waals surface area contributed by atoms with Gasteiger partial charge in [-0.15, -0.1) is 0 Å². The summed E-state index contributed by atoms with van der Waals surface area (Å²) < 4.78 is 5.37. The van der Waals surface area contributed by atoms with Gasteiger partial charge in [-0.25, -0.2) is 4.98 Å². The molecule has 2 aromatic carbocycles. The van der Waals surface area contributed by atoms with Crippen LogP contribution in [0.25, 0.3) is 0 Å². The van der Waals surface area contributed by atoms with Gasteiger partial charge in [-0.1, -0.05) is 24.3 Å². The second kappa shape index (κ2) is 7.66. The summed E-state index contributed by atoms with van der Waals surface area (Å²) in [6.45, 7) is 4.78. The van der Waals surface area contributed by atoms with E-state index in [2.05, 4.69) is 52.6 Å². The topological polar surface area (TPSA) is 59.1 Å². The minimum absolute atomic E-state index is 0.565. The summed E-state index contributed by atoms with van der Waals surface area (Å²) in [7, 11) is 1.68. The minimum atomic E-state index is 0.565. The fourth-order valence-corrected chi connectivity index (χ4v) is 2.73. The molecular formula is C20H22N4O. The van der Waals surface area contributed by atoms with Gasteiger partial charge in [-0.05, 0) is 49.2 Å². The standard InChI is InChI=1S/C20H22N4O/c1-14-10-15(2)12-17(11-14)23-20-21-9-8-19(24-20)22-13-16-6-4-5-7-18(16)25-3/h4-12H,13H2,1-3H3,(H2,21,22,23,24). The van der Waals surface area contributed by atoms with Gasteiger partial charge in [0.25, 0.3) is 0 Å². The van der Waals surface area contributed by atoms with Crippen LogP contribution in [0.15, 0.2) is 54.7 Å². The molecule has 128 valence electrons. The zero-order chi connectivity index (χ0) is 17.6. The van der Waals surface area contributed by atoms with Crippen LogP contribution in [0.2, 0.25) is 0 Å². The molecule has 1 heterocycles. The molecule has 3 rings (SSSR count). The number of nitrogens with one attached hydrogen (secondary N) is 2. The molecule has 0 aliphatic carbocycles. The Morgan fingerprint density at radius 1 is 1.00 bits per heavy atom. The number of hydrogen-bond donors (Lipinski definition) is 2. The fraction of sp³-hybridized carbons (Fsp3) is 0.200. The third-order valence-corrected chi connectivity index (χ3v) is 3.79. The van der Waals surface area contributed by atoms with Gasteiger partial charge in [0.1, 0.15) is 11.6 Å². The van der Waals surface area contributed by atoms with Gasteiger partial charge in [0.05, 0.1) is 7.11 Å². The van der Waals surface area contributed by atoms with E-state index in [-0.39, 0.29) is 0 Å². The molecule has 0 atom stereocenters. The Morgan fingerprint density at radius 2 is 1.76 bits per heavy atom. The first-order chi connectivity index (χ1) is 12.1. The summed E-state index contributed by atoms with van der Waals surface area (Å²) in [6, 6.07) is 16.1. The van der Waals surface area contributed by atoms with Gasteiger partial charge in [0.2, 0.25) is 5.95 Å². The Balaban J connectivity index is 1.71. The lowest BCUT2D eigenvalue weighted by Crippen LogP contribution is -2.05. The van der Waals surface area contributed by atoms with Gasteiger partial charge in [0, 0.05) is 24.0 Å². The number of aryl methyl sites for hydroxylation is 2. The number of anilines is 3. The van der Waals surface area contributed by atoms with E-state index in [0.717, 1.165) is 22.8 Å². The summed E-state index contributed by atoms with van der Waals surface area (Å²) in [6.07, 6.45) is 1.74. The molecule has 0 radical (unpaired) electrons. The zero-order valence-electron chi connectivity index (χ0n) is 14.7. The molecule has 0 saturated carbocycles. The molecule has 0 unspecified atom stereocenters. The van der Waals surface area contributed by atoms with Crippen molar-refractivity contribution < 1.29 is 4.74 Å². The molecule has 0 aliphatic heterocycles. The van der Waals surface area contributed by atoms with Crippen molar-refractivity contribution in [3.8, 4) is 5.75 Å². The molecule has 0 aliphatic rings. The fourth-order valence-electron chi connectivity index (χ4n) is 2.73. The number of nitrogens with zero attached hydrogens (tertiary/aromatic N) is 2. The number of hydrogen-bond acceptors (Lipinski definition) is 5. The van der Waals surface area contributed by atoms with E-state index in [1.54, 1.807) is 13.3 Å². The van der Waals surface area contributed by atoms with E-state index >= 15 is 0 Å². The van der Waals surface area contributed by atoms with E-state index in [0.29, 0.717) is 12.5 Å². The third-order valence-electron chi connectivity index (χ3n) is 3.79. The molecule has 25 heavy (non-hydrogen) atoms. The first-order valence-corrected chi connectivity index (χ1v) is 8.18. The highest BCUT2D eigenvalue weighted by atomic mass is 16.5. The number of ether oxygens (including phenoxy) is 1. The molecular weight excluding hydrogens is 312 g/mol. The molecule has 5 heteroatoms. The van der Waals surface area contributed by atoms with Crippen molar-refractivity contribution >= 4 is 17.5 Å². The van der Waals surface area contributed by atoms with Crippen LogP contribution in [0, 0.1) is 13.8 Å². The zero-order valence-corrected chi connectivity index (χ0v) is 14.7. The highest BCUT2D eigenvalue weighted by molar-refractivity contribution is 5.57. The SMILES string of the molecule is COc1ccccc1CNc1ccnc(Nc2cc(C)cc(C)c2)n1. The van der Waals surface area contributed by atoms with Gasteiger partial charge in [-0.2, -0.15) is 4.98 Å². The van der Waals surface area contributed by atoms with Gasteiger partial charge in [0.15, 0.2) is 0 Å². The Hall–Kier alpha value is -3.08. The average molecular weight is 334 g/mol. The lowest BCUT2D eigenvalue weighted by atomic mass is 10.1. The molecule has 0 fully saturated rings. The Labute approximate surface area is 148 Å². The van der Waals surface area contributed by atoms with Crippen molar-refractivity contribution in [1.82, 2.24) is 9.97 Å². The quantitative estimate of drug-likeness (QED) is 0.697. The van der Waals surface area contributed by atoms with Crippen molar-refractivity contribution in [2.75, 3.05) is 17.7 Å². The lowest BCUT2D eigenvalue weighted by molar-refractivity contribution is 0.410. The normalized spacial score (nSPS) is 10.4. The van der Waals surface area contributed by atoms with Gasteiger partial charge < -0.3 is 15.4 Å². The van der Waals surface area contributed by atoms with Crippen molar-refractivity contribution in [2.45, 2.75) is 20.4 Å². The molecule has 2 N–H and O–H groups in total. The van der Waals surface area contributed by atoms with Crippen LogP contribution in [0.3, 0.4) is 0 Å². The molecule has 3 aromatic rings. The van der Waals surface area contributed by atoms with Crippen LogP contribution in [-0.4, -0.2) is 17.1 Å². The number of para-hydroxylation sites is 1. The van der Waals surface area contributed by atoms with E-state index < -0.39 is 0 Å². The Morgan fingerprint density at radius 3 is 2.52 bits per heavy atom. The number of benzene rings is 2. The maximum Gasteiger partial charge on any atom is 0.229 e. The van der Waals surface area contributed by atoms with Crippen LogP contribution in [0.4, 0.5) is 17.5 Å². The Bertz CT molecular complexity index is 844. The third kappa shape index (κ3) is 4.47. The molecule has 0 spiro atoms. The van der Waals surface area contributed by atoms with Crippen molar-refractivity contribution in [1.29, 1.82) is 0 Å². The second-order valence-electron chi connectivity index (χ2n) is 5.93. The van der Waals surface area contributed by atoms with E-state index in [1.807, 2.05) is 30.3 Å². The summed E-state index contributed by atoms with van der Waals surface area (Å²) in [5.74, 6) is 2.18. The highest BCUT2D eigenvalue weighted by Gasteiger charge is 2.04. The predicted octanol–water partition coefficient (Wildman–Crippen LogP) is 4.46. The average Bonchev–Trinajstić information content (AvgIpc) is 2.59.